The van der Waals surface area contributed by atoms with Crippen LogP contribution in [0.2, 0.25) is 0 Å². The topological polar surface area (TPSA) is 61.4 Å². The van der Waals surface area contributed by atoms with Crippen LogP contribution in [0.4, 0.5) is 4.39 Å². The molecule has 0 unspecified atom stereocenters. The quantitative estimate of drug-likeness (QED) is 0.788. The number of nitrogens with zero attached hydrogens (tertiary/aromatic N) is 1. The van der Waals surface area contributed by atoms with Crippen LogP contribution < -0.4 is 10.6 Å². The van der Waals surface area contributed by atoms with Gasteiger partial charge in [-0.25, -0.2) is 4.39 Å². The van der Waals surface area contributed by atoms with Crippen molar-refractivity contribution in [3.05, 3.63) is 35.6 Å². The van der Waals surface area contributed by atoms with Gasteiger partial charge in [0.05, 0.1) is 6.54 Å². The Morgan fingerprint density at radius 3 is 2.56 bits per heavy atom. The second-order valence-corrected chi connectivity index (χ2v) is 6.91. The van der Waals surface area contributed by atoms with Gasteiger partial charge in [0.1, 0.15) is 5.82 Å². The minimum absolute atomic E-state index is 0.0231. The summed E-state index contributed by atoms with van der Waals surface area (Å²) in [5.74, 6) is -0.194. The van der Waals surface area contributed by atoms with Gasteiger partial charge >= 0.3 is 0 Å². The highest BCUT2D eigenvalue weighted by molar-refractivity contribution is 5.79. The van der Waals surface area contributed by atoms with Crippen LogP contribution in [0.15, 0.2) is 24.3 Å². The van der Waals surface area contributed by atoms with Crippen LogP contribution in [0, 0.1) is 11.7 Å². The summed E-state index contributed by atoms with van der Waals surface area (Å²) in [5.41, 5.74) is 0.619. The Hall–Kier alpha value is -1.95. The molecule has 1 saturated heterocycles. The third kappa shape index (κ3) is 6.46. The molecule has 1 fully saturated rings. The number of piperidine rings is 1. The van der Waals surface area contributed by atoms with Gasteiger partial charge in [-0.15, -0.1) is 0 Å². The highest BCUT2D eigenvalue weighted by Crippen LogP contribution is 2.17. The van der Waals surface area contributed by atoms with E-state index in [1.54, 1.807) is 18.2 Å². The molecule has 6 heteroatoms. The monoisotopic (exact) mass is 349 g/mol. The molecular formula is C19H28FN3O2. The SMILES string of the molecule is CC(C)NC(=O)CN1CCC(C(=O)NCCc2ccccc2F)CC1. The minimum Gasteiger partial charge on any atom is -0.356 e. The number of rotatable bonds is 7. The molecule has 1 aliphatic rings. The molecular weight excluding hydrogens is 321 g/mol. The number of carbonyl (C=O) groups excluding carboxylic acids is 2. The lowest BCUT2D eigenvalue weighted by Crippen LogP contribution is -2.45. The number of benzene rings is 1. The van der Waals surface area contributed by atoms with Crippen molar-refractivity contribution >= 4 is 11.8 Å². The third-order valence-corrected chi connectivity index (χ3v) is 4.43. The van der Waals surface area contributed by atoms with Crippen LogP contribution in [0.3, 0.4) is 0 Å². The number of carbonyl (C=O) groups is 2. The summed E-state index contributed by atoms with van der Waals surface area (Å²) < 4.78 is 13.5. The fourth-order valence-electron chi connectivity index (χ4n) is 3.09. The number of nitrogens with one attached hydrogen (secondary N) is 2. The molecule has 1 aromatic rings. The van der Waals surface area contributed by atoms with Gasteiger partial charge in [-0.05, 0) is 57.8 Å². The summed E-state index contributed by atoms with van der Waals surface area (Å²) in [6.07, 6.45) is 1.99. The fraction of sp³-hybridized carbons (Fsp3) is 0.579. The second-order valence-electron chi connectivity index (χ2n) is 6.91. The van der Waals surface area contributed by atoms with E-state index in [2.05, 4.69) is 15.5 Å². The molecule has 0 aliphatic carbocycles. The van der Waals surface area contributed by atoms with E-state index in [1.807, 2.05) is 13.8 Å². The lowest BCUT2D eigenvalue weighted by atomic mass is 9.96. The Labute approximate surface area is 149 Å². The Kier molecular flexibility index (Phi) is 7.37. The third-order valence-electron chi connectivity index (χ3n) is 4.43. The smallest absolute Gasteiger partial charge is 0.234 e. The van der Waals surface area contributed by atoms with E-state index in [1.165, 1.54) is 6.07 Å². The number of hydrogen-bond donors (Lipinski definition) is 2. The molecule has 0 aromatic heterocycles. The Balaban J connectivity index is 1.67. The average molecular weight is 349 g/mol. The first-order valence-corrected chi connectivity index (χ1v) is 8.98. The zero-order chi connectivity index (χ0) is 18.2. The number of halogens is 1. The van der Waals surface area contributed by atoms with Crippen molar-refractivity contribution in [2.45, 2.75) is 39.2 Å². The van der Waals surface area contributed by atoms with Crippen LogP contribution >= 0.6 is 0 Å². The van der Waals surface area contributed by atoms with Gasteiger partial charge in [0.15, 0.2) is 0 Å². The maximum absolute atomic E-state index is 13.5. The molecule has 2 N–H and O–H groups in total. The summed E-state index contributed by atoms with van der Waals surface area (Å²) in [6, 6.07) is 6.77. The lowest BCUT2D eigenvalue weighted by molar-refractivity contribution is -0.126. The molecule has 0 saturated carbocycles. The normalized spacial score (nSPS) is 16.0. The number of amides is 2. The summed E-state index contributed by atoms with van der Waals surface area (Å²) >= 11 is 0. The van der Waals surface area contributed by atoms with E-state index in [9.17, 15) is 14.0 Å². The standard InChI is InChI=1S/C19H28FN3O2/c1-14(2)22-18(24)13-23-11-8-16(9-12-23)19(25)21-10-7-15-5-3-4-6-17(15)20/h3-6,14,16H,7-13H2,1-2H3,(H,21,25)(H,22,24). The van der Waals surface area contributed by atoms with Gasteiger partial charge in [0.2, 0.25) is 11.8 Å². The molecule has 5 nitrogen and oxygen atoms in total. The molecule has 138 valence electrons. The molecule has 1 heterocycles. The van der Waals surface area contributed by atoms with Gasteiger partial charge in [0.25, 0.3) is 0 Å². The van der Waals surface area contributed by atoms with E-state index < -0.39 is 0 Å². The van der Waals surface area contributed by atoms with Crippen LogP contribution in [0.1, 0.15) is 32.3 Å². The number of likely N-dealkylation sites (tertiary alicyclic amines) is 1. The van der Waals surface area contributed by atoms with Crippen molar-refractivity contribution in [3.63, 3.8) is 0 Å². The molecule has 0 bridgehead atoms. The molecule has 0 spiro atoms. The van der Waals surface area contributed by atoms with Crippen molar-refractivity contribution in [1.29, 1.82) is 0 Å². The number of hydrogen-bond acceptors (Lipinski definition) is 3. The maximum Gasteiger partial charge on any atom is 0.234 e. The van der Waals surface area contributed by atoms with E-state index in [0.29, 0.717) is 25.1 Å². The molecule has 0 radical (unpaired) electrons. The Bertz CT molecular complexity index is 584. The first-order valence-electron chi connectivity index (χ1n) is 8.98. The minimum atomic E-state index is -0.232. The summed E-state index contributed by atoms with van der Waals surface area (Å²) in [4.78, 5) is 26.1. The average Bonchev–Trinajstić information content (AvgIpc) is 2.56. The first-order chi connectivity index (χ1) is 12.0. The van der Waals surface area contributed by atoms with Crippen LogP contribution in [0.5, 0.6) is 0 Å². The molecule has 2 rings (SSSR count). The largest absolute Gasteiger partial charge is 0.356 e. The Morgan fingerprint density at radius 1 is 1.24 bits per heavy atom. The Morgan fingerprint density at radius 2 is 1.92 bits per heavy atom. The van der Waals surface area contributed by atoms with Crippen LogP contribution in [-0.2, 0) is 16.0 Å². The van der Waals surface area contributed by atoms with Crippen LogP contribution in [-0.4, -0.2) is 48.9 Å². The van der Waals surface area contributed by atoms with E-state index in [0.717, 1.165) is 25.9 Å². The van der Waals surface area contributed by atoms with E-state index in [-0.39, 0.29) is 29.6 Å². The molecule has 1 aromatic carbocycles. The van der Waals surface area contributed by atoms with Crippen molar-refractivity contribution < 1.29 is 14.0 Å². The lowest BCUT2D eigenvalue weighted by Gasteiger charge is -2.30. The van der Waals surface area contributed by atoms with Crippen molar-refractivity contribution in [1.82, 2.24) is 15.5 Å². The summed E-state index contributed by atoms with van der Waals surface area (Å²) in [5, 5.41) is 5.79. The predicted molar refractivity (Wildman–Crippen MR) is 95.6 cm³/mol. The van der Waals surface area contributed by atoms with Crippen LogP contribution in [0.25, 0.3) is 0 Å². The molecule has 0 atom stereocenters. The van der Waals surface area contributed by atoms with Crippen molar-refractivity contribution in [2.75, 3.05) is 26.2 Å². The van der Waals surface area contributed by atoms with Gasteiger partial charge in [-0.3, -0.25) is 14.5 Å². The van der Waals surface area contributed by atoms with Gasteiger partial charge < -0.3 is 10.6 Å². The van der Waals surface area contributed by atoms with E-state index in [4.69, 9.17) is 0 Å². The summed E-state index contributed by atoms with van der Waals surface area (Å²) in [6.45, 7) is 6.20. The molecule has 25 heavy (non-hydrogen) atoms. The highest BCUT2D eigenvalue weighted by Gasteiger charge is 2.25. The predicted octanol–water partition coefficient (Wildman–Crippen LogP) is 1.72. The summed E-state index contributed by atoms with van der Waals surface area (Å²) in [7, 11) is 0. The molecule has 1 aliphatic heterocycles. The van der Waals surface area contributed by atoms with E-state index >= 15 is 0 Å². The van der Waals surface area contributed by atoms with Gasteiger partial charge in [0, 0.05) is 18.5 Å². The highest BCUT2D eigenvalue weighted by atomic mass is 19.1. The van der Waals surface area contributed by atoms with Crippen molar-refractivity contribution in [2.24, 2.45) is 5.92 Å². The fourth-order valence-corrected chi connectivity index (χ4v) is 3.09. The second kappa shape index (κ2) is 9.51. The zero-order valence-corrected chi connectivity index (χ0v) is 15.1. The van der Waals surface area contributed by atoms with Crippen molar-refractivity contribution in [3.8, 4) is 0 Å². The molecule has 2 amide bonds. The van der Waals surface area contributed by atoms with Gasteiger partial charge in [-0.1, -0.05) is 18.2 Å². The zero-order valence-electron chi connectivity index (χ0n) is 15.1. The maximum atomic E-state index is 13.5. The first kappa shape index (κ1) is 19.4. The van der Waals surface area contributed by atoms with Gasteiger partial charge in [-0.2, -0.15) is 0 Å².